The molecule has 2 atom stereocenters. The molecule has 1 saturated heterocycles. The van der Waals surface area contributed by atoms with Crippen molar-refractivity contribution in [3.8, 4) is 0 Å². The fourth-order valence-electron chi connectivity index (χ4n) is 3.32. The van der Waals surface area contributed by atoms with Crippen LogP contribution in [0.4, 0.5) is 0 Å². The average molecular weight is 238 g/mol. The summed E-state index contributed by atoms with van der Waals surface area (Å²) in [7, 11) is 0. The van der Waals surface area contributed by atoms with E-state index in [0.29, 0.717) is 11.7 Å². The number of ketones is 1. The van der Waals surface area contributed by atoms with Crippen molar-refractivity contribution in [1.82, 2.24) is 0 Å². The van der Waals surface area contributed by atoms with Gasteiger partial charge in [0.15, 0.2) is 0 Å². The van der Waals surface area contributed by atoms with E-state index in [4.69, 9.17) is 4.74 Å². The zero-order valence-electron chi connectivity index (χ0n) is 11.3. The lowest BCUT2D eigenvalue weighted by Crippen LogP contribution is -2.40. The van der Waals surface area contributed by atoms with E-state index in [1.54, 1.807) is 0 Å². The Kier molecular flexibility index (Phi) is 4.24. The summed E-state index contributed by atoms with van der Waals surface area (Å²) in [5.41, 5.74) is 0.0913. The van der Waals surface area contributed by atoms with Crippen LogP contribution in [0.25, 0.3) is 0 Å². The number of ether oxygens (including phenoxy) is 1. The maximum Gasteiger partial charge on any atom is 0.136 e. The molecule has 1 heterocycles. The summed E-state index contributed by atoms with van der Waals surface area (Å²) in [6.45, 7) is 5.15. The molecule has 1 aliphatic heterocycles. The highest BCUT2D eigenvalue weighted by atomic mass is 16.5. The third-order valence-electron chi connectivity index (χ3n) is 4.71. The number of rotatable bonds is 4. The Morgan fingerprint density at radius 1 is 1.41 bits per heavy atom. The van der Waals surface area contributed by atoms with Gasteiger partial charge in [0.1, 0.15) is 5.78 Å². The van der Waals surface area contributed by atoms with E-state index in [0.717, 1.165) is 32.3 Å². The Balaban J connectivity index is 1.90. The van der Waals surface area contributed by atoms with Crippen LogP contribution < -0.4 is 0 Å². The van der Waals surface area contributed by atoms with Gasteiger partial charge in [-0.3, -0.25) is 4.79 Å². The lowest BCUT2D eigenvalue weighted by Gasteiger charge is -2.38. The topological polar surface area (TPSA) is 26.3 Å². The molecule has 2 aliphatic rings. The first-order valence-corrected chi connectivity index (χ1v) is 7.32. The first-order chi connectivity index (χ1) is 8.15. The van der Waals surface area contributed by atoms with Crippen LogP contribution in [0.3, 0.4) is 0 Å². The van der Waals surface area contributed by atoms with Crippen molar-refractivity contribution in [3.05, 3.63) is 0 Å². The number of carbonyl (C=O) groups excluding carboxylic acids is 1. The first-order valence-electron chi connectivity index (χ1n) is 7.32. The number of hydrogen-bond donors (Lipinski definition) is 0. The fraction of sp³-hybridized carbons (Fsp3) is 0.933. The van der Waals surface area contributed by atoms with Crippen LogP contribution in [-0.4, -0.2) is 18.0 Å². The van der Waals surface area contributed by atoms with Crippen molar-refractivity contribution in [3.63, 3.8) is 0 Å². The fourth-order valence-corrected chi connectivity index (χ4v) is 3.32. The van der Waals surface area contributed by atoms with E-state index in [2.05, 4.69) is 13.8 Å². The van der Waals surface area contributed by atoms with Gasteiger partial charge in [0.2, 0.25) is 0 Å². The van der Waals surface area contributed by atoms with Gasteiger partial charge in [0.05, 0.1) is 5.60 Å². The lowest BCUT2D eigenvalue weighted by molar-refractivity contribution is -0.137. The quantitative estimate of drug-likeness (QED) is 0.746. The Morgan fingerprint density at radius 2 is 2.12 bits per heavy atom. The van der Waals surface area contributed by atoms with Crippen molar-refractivity contribution >= 4 is 5.78 Å². The number of hydrogen-bond acceptors (Lipinski definition) is 2. The van der Waals surface area contributed by atoms with E-state index < -0.39 is 0 Å². The van der Waals surface area contributed by atoms with E-state index in [-0.39, 0.29) is 11.5 Å². The van der Waals surface area contributed by atoms with Crippen LogP contribution in [0.5, 0.6) is 0 Å². The zero-order chi connectivity index (χ0) is 12.3. The molecule has 17 heavy (non-hydrogen) atoms. The second kappa shape index (κ2) is 5.51. The molecule has 0 N–H and O–H groups in total. The van der Waals surface area contributed by atoms with Gasteiger partial charge in [0.25, 0.3) is 0 Å². The molecule has 1 saturated carbocycles. The summed E-state index contributed by atoms with van der Waals surface area (Å²) >= 11 is 0. The van der Waals surface area contributed by atoms with Crippen LogP contribution in [0.15, 0.2) is 0 Å². The van der Waals surface area contributed by atoms with Crippen molar-refractivity contribution < 1.29 is 9.53 Å². The Bertz CT molecular complexity index is 266. The molecule has 0 radical (unpaired) electrons. The molecule has 2 nitrogen and oxygen atoms in total. The minimum atomic E-state index is 0.0913. The van der Waals surface area contributed by atoms with E-state index in [1.165, 1.54) is 25.7 Å². The van der Waals surface area contributed by atoms with Gasteiger partial charge in [-0.15, -0.1) is 0 Å². The van der Waals surface area contributed by atoms with Crippen molar-refractivity contribution in [1.29, 1.82) is 0 Å². The molecule has 1 aliphatic carbocycles. The predicted octanol–water partition coefficient (Wildman–Crippen LogP) is 3.73. The predicted molar refractivity (Wildman–Crippen MR) is 69.0 cm³/mol. The van der Waals surface area contributed by atoms with Gasteiger partial charge in [-0.05, 0) is 31.6 Å². The maximum absolute atomic E-state index is 12.3. The summed E-state index contributed by atoms with van der Waals surface area (Å²) in [4.78, 5) is 12.3. The van der Waals surface area contributed by atoms with E-state index >= 15 is 0 Å². The summed E-state index contributed by atoms with van der Waals surface area (Å²) in [5, 5.41) is 0. The molecular formula is C15H26O2. The minimum Gasteiger partial charge on any atom is -0.375 e. The Hall–Kier alpha value is -0.370. The van der Waals surface area contributed by atoms with Gasteiger partial charge in [0, 0.05) is 18.9 Å². The maximum atomic E-state index is 12.3. The smallest absolute Gasteiger partial charge is 0.136 e. The summed E-state index contributed by atoms with van der Waals surface area (Å²) in [6.07, 6.45) is 8.77. The van der Waals surface area contributed by atoms with Crippen LogP contribution in [-0.2, 0) is 9.53 Å². The normalized spacial score (nSPS) is 29.4. The highest BCUT2D eigenvalue weighted by Gasteiger charge is 2.41. The minimum absolute atomic E-state index is 0.0913. The van der Waals surface area contributed by atoms with Gasteiger partial charge in [-0.1, -0.05) is 33.1 Å². The summed E-state index contributed by atoms with van der Waals surface area (Å²) < 4.78 is 5.99. The molecule has 0 aromatic carbocycles. The second-order valence-corrected chi connectivity index (χ2v) is 6.11. The third kappa shape index (κ3) is 3.09. The second-order valence-electron chi connectivity index (χ2n) is 6.11. The monoisotopic (exact) mass is 238 g/mol. The molecule has 2 rings (SSSR count). The van der Waals surface area contributed by atoms with E-state index in [1.807, 2.05) is 0 Å². The summed E-state index contributed by atoms with van der Waals surface area (Å²) in [6, 6.07) is 0. The van der Waals surface area contributed by atoms with Crippen molar-refractivity contribution in [2.24, 2.45) is 11.8 Å². The summed E-state index contributed by atoms with van der Waals surface area (Å²) in [5.74, 6) is 1.33. The van der Waals surface area contributed by atoms with Crippen LogP contribution >= 0.6 is 0 Å². The molecule has 98 valence electrons. The highest BCUT2D eigenvalue weighted by Crippen LogP contribution is 2.42. The SMILES string of the molecule is CCC(C)CC(=O)C1CCOC2(CCCC2)C1. The van der Waals surface area contributed by atoms with Gasteiger partial charge >= 0.3 is 0 Å². The van der Waals surface area contributed by atoms with E-state index in [9.17, 15) is 4.79 Å². The van der Waals surface area contributed by atoms with Crippen LogP contribution in [0.1, 0.15) is 65.2 Å². The number of Topliss-reactive ketones (excluding diaryl/α,β-unsaturated/α-hetero) is 1. The standard InChI is InChI=1S/C15H26O2/c1-3-12(2)10-14(16)13-6-9-17-15(11-13)7-4-5-8-15/h12-13H,3-11H2,1-2H3. The molecule has 1 spiro atoms. The van der Waals surface area contributed by atoms with Crippen LogP contribution in [0.2, 0.25) is 0 Å². The largest absolute Gasteiger partial charge is 0.375 e. The average Bonchev–Trinajstić information content (AvgIpc) is 2.77. The number of carbonyl (C=O) groups is 1. The van der Waals surface area contributed by atoms with Crippen molar-refractivity contribution in [2.75, 3.05) is 6.61 Å². The third-order valence-corrected chi connectivity index (χ3v) is 4.71. The molecule has 2 heteroatoms. The zero-order valence-corrected chi connectivity index (χ0v) is 11.3. The Morgan fingerprint density at radius 3 is 2.76 bits per heavy atom. The first kappa shape index (κ1) is 13.1. The lowest BCUT2D eigenvalue weighted by atomic mass is 9.80. The molecular weight excluding hydrogens is 212 g/mol. The molecule has 0 amide bonds. The van der Waals surface area contributed by atoms with Gasteiger partial charge in [-0.2, -0.15) is 0 Å². The molecule has 0 aromatic rings. The highest BCUT2D eigenvalue weighted by molar-refractivity contribution is 5.81. The molecule has 2 fully saturated rings. The molecule has 2 unspecified atom stereocenters. The van der Waals surface area contributed by atoms with Gasteiger partial charge in [-0.25, -0.2) is 0 Å². The Labute approximate surface area is 105 Å². The van der Waals surface area contributed by atoms with Crippen LogP contribution in [0, 0.1) is 11.8 Å². The van der Waals surface area contributed by atoms with Crippen molar-refractivity contribution in [2.45, 2.75) is 70.8 Å². The molecule has 0 bridgehead atoms. The van der Waals surface area contributed by atoms with Gasteiger partial charge < -0.3 is 4.74 Å². The molecule has 0 aromatic heterocycles.